The van der Waals surface area contributed by atoms with Gasteiger partial charge in [-0.2, -0.15) is 0 Å². The summed E-state index contributed by atoms with van der Waals surface area (Å²) in [6.45, 7) is 0. The molecule has 0 saturated heterocycles. The normalized spacial score (nSPS) is 16.8. The van der Waals surface area contributed by atoms with Crippen molar-refractivity contribution in [2.75, 3.05) is 12.4 Å². The van der Waals surface area contributed by atoms with Crippen LogP contribution in [0.25, 0.3) is 11.0 Å². The Balaban J connectivity index is 1.87. The van der Waals surface area contributed by atoms with Gasteiger partial charge in [0.2, 0.25) is 0 Å². The van der Waals surface area contributed by atoms with Crippen molar-refractivity contribution in [3.63, 3.8) is 0 Å². The Morgan fingerprint density at radius 3 is 2.82 bits per heavy atom. The van der Waals surface area contributed by atoms with Gasteiger partial charge < -0.3 is 15.8 Å². The van der Waals surface area contributed by atoms with Crippen LogP contribution in [0.2, 0.25) is 0 Å². The third-order valence-electron chi connectivity index (χ3n) is 3.63. The number of nitrogens with one attached hydrogen (secondary N) is 1. The Labute approximate surface area is 126 Å². The van der Waals surface area contributed by atoms with E-state index in [2.05, 4.69) is 20.4 Å². The van der Waals surface area contributed by atoms with Crippen LogP contribution in [0.3, 0.4) is 0 Å². The summed E-state index contributed by atoms with van der Waals surface area (Å²) in [4.78, 5) is 8.74. The fourth-order valence-corrected chi connectivity index (χ4v) is 2.57. The highest BCUT2D eigenvalue weighted by Crippen LogP contribution is 2.32. The molecular formula is C15H14N6O. The molecule has 110 valence electrons. The average Bonchev–Trinajstić information content (AvgIpc) is 2.93. The first-order valence-electron chi connectivity index (χ1n) is 6.84. The summed E-state index contributed by atoms with van der Waals surface area (Å²) in [6.07, 6.45) is 1.39. The molecule has 0 aliphatic carbocycles. The van der Waals surface area contributed by atoms with Crippen LogP contribution < -0.4 is 15.8 Å². The zero-order chi connectivity index (χ0) is 15.1. The molecule has 0 bridgehead atoms. The molecule has 0 saturated carbocycles. The van der Waals surface area contributed by atoms with Crippen molar-refractivity contribution in [1.82, 2.24) is 14.8 Å². The number of benzene rings is 1. The first-order chi connectivity index (χ1) is 10.8. The number of hydrogen-bond acceptors (Lipinski definition) is 6. The molecule has 0 radical (unpaired) electrons. The number of nitrogens with zero attached hydrogens (tertiary/aromatic N) is 4. The molecule has 0 spiro atoms. The lowest BCUT2D eigenvalue weighted by atomic mass is 10.1. The number of hydrogen-bond donors (Lipinski definition) is 2. The van der Waals surface area contributed by atoms with Gasteiger partial charge in [0.25, 0.3) is 0 Å². The predicted molar refractivity (Wildman–Crippen MR) is 83.9 cm³/mol. The van der Waals surface area contributed by atoms with Gasteiger partial charge in [-0.3, -0.25) is 0 Å². The maximum Gasteiger partial charge on any atom is 0.196 e. The van der Waals surface area contributed by atoms with Gasteiger partial charge in [0.15, 0.2) is 17.8 Å². The maximum atomic E-state index is 5.94. The van der Waals surface area contributed by atoms with Gasteiger partial charge in [0.05, 0.1) is 12.5 Å². The zero-order valence-electron chi connectivity index (χ0n) is 11.9. The second-order valence-electron chi connectivity index (χ2n) is 4.95. The zero-order valence-corrected chi connectivity index (χ0v) is 11.9. The number of guanidine groups is 1. The van der Waals surface area contributed by atoms with E-state index in [9.17, 15) is 0 Å². The van der Waals surface area contributed by atoms with Crippen LogP contribution in [0.1, 0.15) is 11.7 Å². The molecule has 2 aromatic heterocycles. The van der Waals surface area contributed by atoms with Gasteiger partial charge in [0.1, 0.15) is 11.6 Å². The van der Waals surface area contributed by atoms with Crippen LogP contribution in [0, 0.1) is 0 Å². The molecule has 1 atom stereocenters. The lowest BCUT2D eigenvalue weighted by Crippen LogP contribution is -2.31. The minimum Gasteiger partial charge on any atom is -0.497 e. The standard InChI is InChI=1S/C15H14N6O/c1-22-10-6-4-9(5-7-10)13-18-15(16)19-14-11-3-2-8-17-12(11)20-21(13)14/h2-8,13H,1H3,(H3,16,18,19)/t13-/m0/s1. The van der Waals surface area contributed by atoms with E-state index in [0.29, 0.717) is 11.6 Å². The molecular weight excluding hydrogens is 280 g/mol. The molecule has 1 aromatic carbocycles. The third-order valence-corrected chi connectivity index (χ3v) is 3.63. The van der Waals surface area contributed by atoms with Crippen LogP contribution in [-0.4, -0.2) is 27.8 Å². The molecule has 1 aliphatic heterocycles. The van der Waals surface area contributed by atoms with Gasteiger partial charge in [-0.15, -0.1) is 5.10 Å². The summed E-state index contributed by atoms with van der Waals surface area (Å²) in [5, 5.41) is 8.52. The molecule has 0 amide bonds. The average molecular weight is 294 g/mol. The lowest BCUT2D eigenvalue weighted by Gasteiger charge is -2.22. The summed E-state index contributed by atoms with van der Waals surface area (Å²) in [5.74, 6) is 1.96. The lowest BCUT2D eigenvalue weighted by molar-refractivity contribution is 0.414. The van der Waals surface area contributed by atoms with E-state index in [0.717, 1.165) is 22.5 Å². The molecule has 1 aliphatic rings. The first-order valence-corrected chi connectivity index (χ1v) is 6.84. The monoisotopic (exact) mass is 294 g/mol. The molecule has 4 rings (SSSR count). The van der Waals surface area contributed by atoms with Gasteiger partial charge in [-0.05, 0) is 29.8 Å². The van der Waals surface area contributed by atoms with Crippen molar-refractivity contribution >= 4 is 22.8 Å². The summed E-state index contributed by atoms with van der Waals surface area (Å²) in [7, 11) is 1.64. The van der Waals surface area contributed by atoms with Crippen LogP contribution in [0.4, 0.5) is 5.82 Å². The largest absolute Gasteiger partial charge is 0.497 e. The quantitative estimate of drug-likeness (QED) is 0.751. The fraction of sp³-hybridized carbons (Fsp3) is 0.133. The van der Waals surface area contributed by atoms with Crippen molar-refractivity contribution in [2.45, 2.75) is 6.17 Å². The number of rotatable bonds is 2. The van der Waals surface area contributed by atoms with Crippen LogP contribution in [0.5, 0.6) is 5.75 Å². The highest BCUT2D eigenvalue weighted by molar-refractivity contribution is 6.00. The van der Waals surface area contributed by atoms with E-state index in [1.54, 1.807) is 18.0 Å². The van der Waals surface area contributed by atoms with E-state index < -0.39 is 0 Å². The van der Waals surface area contributed by atoms with Crippen molar-refractivity contribution in [1.29, 1.82) is 0 Å². The Bertz CT molecular complexity index is 867. The summed E-state index contributed by atoms with van der Waals surface area (Å²) in [6, 6.07) is 11.5. The highest BCUT2D eigenvalue weighted by Gasteiger charge is 2.25. The second kappa shape index (κ2) is 4.73. The Morgan fingerprint density at radius 2 is 2.05 bits per heavy atom. The van der Waals surface area contributed by atoms with Crippen LogP contribution >= 0.6 is 0 Å². The van der Waals surface area contributed by atoms with Crippen molar-refractivity contribution in [3.05, 3.63) is 48.2 Å². The second-order valence-corrected chi connectivity index (χ2v) is 4.95. The number of aromatic nitrogens is 3. The molecule has 0 fully saturated rings. The van der Waals surface area contributed by atoms with Gasteiger partial charge >= 0.3 is 0 Å². The highest BCUT2D eigenvalue weighted by atomic mass is 16.5. The van der Waals surface area contributed by atoms with Crippen molar-refractivity contribution in [3.8, 4) is 5.75 Å². The molecule has 0 unspecified atom stereocenters. The first kappa shape index (κ1) is 12.6. The number of ether oxygens (including phenoxy) is 1. The van der Waals surface area contributed by atoms with E-state index in [1.807, 2.05) is 36.4 Å². The fourth-order valence-electron chi connectivity index (χ4n) is 2.57. The number of nitrogens with two attached hydrogens (primary N) is 1. The van der Waals surface area contributed by atoms with Crippen LogP contribution in [-0.2, 0) is 0 Å². The summed E-state index contributed by atoms with van der Waals surface area (Å²) >= 11 is 0. The molecule has 3 N–H and O–H groups in total. The minimum atomic E-state index is -0.323. The smallest absolute Gasteiger partial charge is 0.196 e. The van der Waals surface area contributed by atoms with Crippen molar-refractivity contribution in [2.24, 2.45) is 10.7 Å². The summed E-state index contributed by atoms with van der Waals surface area (Å²) in [5.41, 5.74) is 7.57. The van der Waals surface area contributed by atoms with E-state index in [1.165, 1.54) is 0 Å². The van der Waals surface area contributed by atoms with E-state index in [4.69, 9.17) is 10.5 Å². The Kier molecular flexibility index (Phi) is 2.72. The SMILES string of the molecule is COc1ccc([C@H]2N=C(N)Nc3c4cccnc4nn32)cc1. The number of fused-ring (bicyclic) bond motifs is 3. The molecule has 3 heterocycles. The Morgan fingerprint density at radius 1 is 1.23 bits per heavy atom. The minimum absolute atomic E-state index is 0.323. The maximum absolute atomic E-state index is 5.94. The number of methoxy groups -OCH3 is 1. The number of pyridine rings is 1. The molecule has 3 aromatic rings. The van der Waals surface area contributed by atoms with Crippen LogP contribution in [0.15, 0.2) is 47.6 Å². The number of anilines is 1. The van der Waals surface area contributed by atoms with E-state index >= 15 is 0 Å². The van der Waals surface area contributed by atoms with Gasteiger partial charge in [0, 0.05) is 6.20 Å². The van der Waals surface area contributed by atoms with E-state index in [-0.39, 0.29) is 6.17 Å². The predicted octanol–water partition coefficient (Wildman–Crippen LogP) is 1.73. The Hall–Kier alpha value is -3.09. The van der Waals surface area contributed by atoms with Gasteiger partial charge in [-0.25, -0.2) is 14.7 Å². The number of aliphatic imine (C=N–C) groups is 1. The molecule has 7 nitrogen and oxygen atoms in total. The van der Waals surface area contributed by atoms with Gasteiger partial charge in [-0.1, -0.05) is 12.1 Å². The third kappa shape index (κ3) is 1.86. The summed E-state index contributed by atoms with van der Waals surface area (Å²) < 4.78 is 6.99. The molecule has 7 heteroatoms. The topological polar surface area (TPSA) is 90.3 Å². The van der Waals surface area contributed by atoms with Crippen molar-refractivity contribution < 1.29 is 4.74 Å². The molecule has 22 heavy (non-hydrogen) atoms.